The first kappa shape index (κ1) is 18.6. The minimum Gasteiger partial charge on any atom is -0.349 e. The van der Waals surface area contributed by atoms with Crippen LogP contribution in [0.1, 0.15) is 56.4 Å². The Morgan fingerprint density at radius 3 is 2.59 bits per heavy atom. The number of hydrogen-bond acceptors (Lipinski definition) is 4. The third kappa shape index (κ3) is 4.49. The van der Waals surface area contributed by atoms with Gasteiger partial charge in [0.1, 0.15) is 5.56 Å². The molecule has 2 aromatic rings. The smallest absolute Gasteiger partial charge is 0.260 e. The van der Waals surface area contributed by atoms with Gasteiger partial charge in [-0.3, -0.25) is 19.2 Å². The summed E-state index contributed by atoms with van der Waals surface area (Å²) >= 11 is 0. The molecular weight excluding hydrogens is 346 g/mol. The van der Waals surface area contributed by atoms with Gasteiger partial charge in [-0.25, -0.2) is 0 Å². The highest BCUT2D eigenvalue weighted by molar-refractivity contribution is 5.99. The number of nitrogens with one attached hydrogen (secondary N) is 2. The Hall–Kier alpha value is -3.22. The number of H-pyrrole nitrogens is 1. The largest absolute Gasteiger partial charge is 0.349 e. The van der Waals surface area contributed by atoms with Crippen molar-refractivity contribution in [3.63, 3.8) is 0 Å². The molecule has 140 valence electrons. The van der Waals surface area contributed by atoms with Gasteiger partial charge in [0.2, 0.25) is 0 Å². The predicted molar refractivity (Wildman–Crippen MR) is 99.8 cm³/mol. The molecule has 0 saturated heterocycles. The summed E-state index contributed by atoms with van der Waals surface area (Å²) in [4.78, 5) is 52.3. The SMILES string of the molecule is CC(=O)c1cccc(CN(C)C(=O)c2cc(C(=O)NC3CC3)c[nH]c2=O)c1. The van der Waals surface area contributed by atoms with Crippen molar-refractivity contribution < 1.29 is 14.4 Å². The Balaban J connectivity index is 1.77. The number of aromatic nitrogens is 1. The van der Waals surface area contributed by atoms with E-state index in [1.165, 1.54) is 24.1 Å². The number of hydrogen-bond donors (Lipinski definition) is 2. The quantitative estimate of drug-likeness (QED) is 0.760. The highest BCUT2D eigenvalue weighted by Gasteiger charge is 2.25. The minimum atomic E-state index is -0.549. The van der Waals surface area contributed by atoms with Gasteiger partial charge in [-0.2, -0.15) is 0 Å². The van der Waals surface area contributed by atoms with Crippen LogP contribution in [0.4, 0.5) is 0 Å². The fraction of sp³-hybridized carbons (Fsp3) is 0.300. The van der Waals surface area contributed by atoms with Crippen molar-refractivity contribution >= 4 is 17.6 Å². The number of carbonyl (C=O) groups excluding carboxylic acids is 3. The second-order valence-electron chi connectivity index (χ2n) is 6.80. The van der Waals surface area contributed by atoms with E-state index in [-0.39, 0.29) is 35.4 Å². The van der Waals surface area contributed by atoms with Crippen LogP contribution in [0.3, 0.4) is 0 Å². The first-order valence-corrected chi connectivity index (χ1v) is 8.74. The van der Waals surface area contributed by atoms with Gasteiger partial charge < -0.3 is 15.2 Å². The van der Waals surface area contributed by atoms with E-state index in [1.807, 2.05) is 0 Å². The maximum absolute atomic E-state index is 12.7. The highest BCUT2D eigenvalue weighted by atomic mass is 16.2. The van der Waals surface area contributed by atoms with Crippen molar-refractivity contribution in [2.75, 3.05) is 7.05 Å². The molecule has 27 heavy (non-hydrogen) atoms. The number of Topliss-reactive ketones (excluding diaryl/α,β-unsaturated/α-hetero) is 1. The molecule has 1 heterocycles. The topological polar surface area (TPSA) is 99.3 Å². The number of pyridine rings is 1. The van der Waals surface area contributed by atoms with Gasteiger partial charge >= 0.3 is 0 Å². The molecule has 1 fully saturated rings. The predicted octanol–water partition coefficient (Wildman–Crippen LogP) is 1.74. The molecule has 0 aliphatic heterocycles. The summed E-state index contributed by atoms with van der Waals surface area (Å²) in [6, 6.07) is 8.48. The van der Waals surface area contributed by atoms with Crippen molar-refractivity contribution in [2.45, 2.75) is 32.4 Å². The summed E-state index contributed by atoms with van der Waals surface area (Å²) in [7, 11) is 1.57. The number of aromatic amines is 1. The van der Waals surface area contributed by atoms with Crippen LogP contribution in [0, 0.1) is 0 Å². The molecule has 3 rings (SSSR count). The van der Waals surface area contributed by atoms with Gasteiger partial charge in [-0.1, -0.05) is 18.2 Å². The number of rotatable bonds is 6. The average molecular weight is 367 g/mol. The van der Waals surface area contributed by atoms with Crippen molar-refractivity contribution in [1.29, 1.82) is 0 Å². The van der Waals surface area contributed by atoms with E-state index in [0.29, 0.717) is 5.56 Å². The number of benzene rings is 1. The maximum atomic E-state index is 12.7. The van der Waals surface area contributed by atoms with Gasteiger partial charge in [0, 0.05) is 31.4 Å². The normalized spacial score (nSPS) is 13.1. The molecule has 1 aliphatic carbocycles. The van der Waals surface area contributed by atoms with Crippen LogP contribution in [0.5, 0.6) is 0 Å². The van der Waals surface area contributed by atoms with Crippen molar-refractivity contribution in [2.24, 2.45) is 0 Å². The fourth-order valence-electron chi connectivity index (χ4n) is 2.71. The molecule has 0 radical (unpaired) electrons. The van der Waals surface area contributed by atoms with Crippen molar-refractivity contribution in [3.05, 3.63) is 69.1 Å². The van der Waals surface area contributed by atoms with Crippen molar-refractivity contribution in [1.82, 2.24) is 15.2 Å². The van der Waals surface area contributed by atoms with Crippen LogP contribution < -0.4 is 10.9 Å². The zero-order valence-corrected chi connectivity index (χ0v) is 15.2. The third-order valence-electron chi connectivity index (χ3n) is 4.41. The van der Waals surface area contributed by atoms with Gasteiger partial charge in [0.25, 0.3) is 17.4 Å². The molecule has 1 aromatic carbocycles. The van der Waals surface area contributed by atoms with Crippen LogP contribution in [0.25, 0.3) is 0 Å². The Bertz CT molecular complexity index is 960. The van der Waals surface area contributed by atoms with E-state index in [9.17, 15) is 19.2 Å². The molecule has 0 bridgehead atoms. The first-order valence-electron chi connectivity index (χ1n) is 8.74. The lowest BCUT2D eigenvalue weighted by Gasteiger charge is -2.17. The van der Waals surface area contributed by atoms with E-state index < -0.39 is 11.5 Å². The summed E-state index contributed by atoms with van der Waals surface area (Å²) < 4.78 is 0. The Labute approximate surface area is 156 Å². The summed E-state index contributed by atoms with van der Waals surface area (Å²) in [6.07, 6.45) is 3.21. The number of carbonyl (C=O) groups is 3. The molecular formula is C20H21N3O4. The highest BCUT2D eigenvalue weighted by Crippen LogP contribution is 2.19. The number of ketones is 1. The van der Waals surface area contributed by atoms with Gasteiger partial charge in [-0.05, 0) is 37.5 Å². The van der Waals surface area contributed by atoms with Gasteiger partial charge in [-0.15, -0.1) is 0 Å². The van der Waals surface area contributed by atoms with Crippen molar-refractivity contribution in [3.8, 4) is 0 Å². The summed E-state index contributed by atoms with van der Waals surface area (Å²) in [5, 5.41) is 2.82. The Kier molecular flexibility index (Phi) is 5.21. The average Bonchev–Trinajstić information content (AvgIpc) is 3.45. The molecule has 1 aromatic heterocycles. The zero-order chi connectivity index (χ0) is 19.6. The van der Waals surface area contributed by atoms with Gasteiger partial charge in [0.05, 0.1) is 5.56 Å². The molecule has 1 saturated carbocycles. The molecule has 7 nitrogen and oxygen atoms in total. The van der Waals surface area contributed by atoms with E-state index in [4.69, 9.17) is 0 Å². The number of amides is 2. The van der Waals surface area contributed by atoms with Gasteiger partial charge in [0.15, 0.2) is 5.78 Å². The van der Waals surface area contributed by atoms with E-state index in [1.54, 1.807) is 31.3 Å². The summed E-state index contributed by atoms with van der Waals surface area (Å²) in [5.74, 6) is -0.859. The van der Waals surface area contributed by atoms with E-state index >= 15 is 0 Å². The summed E-state index contributed by atoms with van der Waals surface area (Å²) in [5.41, 5.74) is 0.940. The molecule has 7 heteroatoms. The van der Waals surface area contributed by atoms with E-state index in [0.717, 1.165) is 18.4 Å². The first-order chi connectivity index (χ1) is 12.8. The molecule has 0 unspecified atom stereocenters. The van der Waals surface area contributed by atoms with Crippen LogP contribution in [0.2, 0.25) is 0 Å². The molecule has 0 atom stereocenters. The molecule has 0 spiro atoms. The second-order valence-corrected chi connectivity index (χ2v) is 6.80. The lowest BCUT2D eigenvalue weighted by atomic mass is 10.1. The Morgan fingerprint density at radius 1 is 1.19 bits per heavy atom. The van der Waals surface area contributed by atoms with Crippen LogP contribution in [-0.2, 0) is 6.54 Å². The third-order valence-corrected chi connectivity index (χ3v) is 4.41. The maximum Gasteiger partial charge on any atom is 0.260 e. The zero-order valence-electron chi connectivity index (χ0n) is 15.2. The second kappa shape index (κ2) is 7.57. The van der Waals surface area contributed by atoms with Crippen LogP contribution in [0.15, 0.2) is 41.3 Å². The fourth-order valence-corrected chi connectivity index (χ4v) is 2.71. The van der Waals surface area contributed by atoms with E-state index in [2.05, 4.69) is 10.3 Å². The molecule has 2 N–H and O–H groups in total. The number of nitrogens with zero attached hydrogens (tertiary/aromatic N) is 1. The monoisotopic (exact) mass is 367 g/mol. The Morgan fingerprint density at radius 2 is 1.93 bits per heavy atom. The minimum absolute atomic E-state index is 0.0587. The lowest BCUT2D eigenvalue weighted by Crippen LogP contribution is -2.33. The summed E-state index contributed by atoms with van der Waals surface area (Å²) in [6.45, 7) is 1.71. The lowest BCUT2D eigenvalue weighted by molar-refractivity contribution is 0.0783. The van der Waals surface area contributed by atoms with Crippen LogP contribution >= 0.6 is 0 Å². The molecule has 2 amide bonds. The standard InChI is InChI=1S/C20H21N3O4/c1-12(24)14-5-3-4-13(8-14)11-23(2)20(27)17-9-15(10-21-19(17)26)18(25)22-16-6-7-16/h3-5,8-10,16H,6-7,11H2,1-2H3,(H,21,26)(H,22,25). The molecule has 1 aliphatic rings. The van der Waals surface area contributed by atoms with Crippen LogP contribution in [-0.4, -0.2) is 40.6 Å².